The molecule has 1 aromatic carbocycles. The van der Waals surface area contributed by atoms with E-state index >= 15 is 0 Å². The van der Waals surface area contributed by atoms with Crippen LogP contribution in [-0.2, 0) is 4.79 Å². The molecule has 1 amide bonds. The van der Waals surface area contributed by atoms with E-state index < -0.39 is 0 Å². The lowest BCUT2D eigenvalue weighted by Crippen LogP contribution is -2.35. The number of para-hydroxylation sites is 1. The first kappa shape index (κ1) is 15.2. The minimum Gasteiger partial charge on any atom is -0.496 e. The monoisotopic (exact) mass is 293 g/mol. The lowest BCUT2D eigenvalue weighted by atomic mass is 9.96. The average molecular weight is 293 g/mol. The number of carbonyl (C=O) groups is 1. The van der Waals surface area contributed by atoms with E-state index in [4.69, 9.17) is 4.74 Å². The maximum atomic E-state index is 12.1. The molecule has 0 spiro atoms. The van der Waals surface area contributed by atoms with Crippen LogP contribution in [-0.4, -0.2) is 30.1 Å². The second-order valence-corrected chi connectivity index (χ2v) is 6.96. The predicted molar refractivity (Wildman–Crippen MR) is 84.5 cm³/mol. The zero-order valence-corrected chi connectivity index (χ0v) is 13.2. The largest absolute Gasteiger partial charge is 0.496 e. The molecule has 0 unspecified atom stereocenters. The lowest BCUT2D eigenvalue weighted by molar-refractivity contribution is -0.121. The summed E-state index contributed by atoms with van der Waals surface area (Å²) in [6.07, 6.45) is 1.59. The van der Waals surface area contributed by atoms with Gasteiger partial charge in [0.2, 0.25) is 5.91 Å². The quantitative estimate of drug-likeness (QED) is 0.906. The van der Waals surface area contributed by atoms with Crippen LogP contribution in [0.5, 0.6) is 5.75 Å². The fraction of sp³-hybridized carbons (Fsp3) is 0.562. The molecule has 0 bridgehead atoms. The first-order chi connectivity index (χ1) is 9.60. The molecule has 1 aliphatic heterocycles. The molecule has 1 N–H and O–H groups in total. The number of benzene rings is 1. The average Bonchev–Trinajstić information content (AvgIpc) is 2.83. The van der Waals surface area contributed by atoms with Gasteiger partial charge in [0, 0.05) is 23.5 Å². The van der Waals surface area contributed by atoms with Gasteiger partial charge in [0.1, 0.15) is 5.75 Å². The van der Waals surface area contributed by atoms with Crippen molar-refractivity contribution in [1.82, 2.24) is 5.32 Å². The van der Waals surface area contributed by atoms with E-state index in [-0.39, 0.29) is 11.8 Å². The molecular formula is C16H23NO2S. The van der Waals surface area contributed by atoms with Crippen molar-refractivity contribution in [1.29, 1.82) is 0 Å². The normalized spacial score (nSPS) is 23.4. The van der Waals surface area contributed by atoms with Crippen LogP contribution in [0.3, 0.4) is 0 Å². The van der Waals surface area contributed by atoms with Gasteiger partial charge in [-0.2, -0.15) is 11.8 Å². The summed E-state index contributed by atoms with van der Waals surface area (Å²) in [6, 6.07) is 8.25. The highest BCUT2D eigenvalue weighted by Gasteiger charge is 2.24. The van der Waals surface area contributed by atoms with Crippen LogP contribution in [0.15, 0.2) is 24.3 Å². The van der Waals surface area contributed by atoms with Crippen LogP contribution >= 0.6 is 11.8 Å². The van der Waals surface area contributed by atoms with E-state index in [1.165, 1.54) is 0 Å². The smallest absolute Gasteiger partial charge is 0.220 e. The summed E-state index contributed by atoms with van der Waals surface area (Å²) < 4.78 is 5.36. The van der Waals surface area contributed by atoms with Crippen LogP contribution in [0.25, 0.3) is 0 Å². The summed E-state index contributed by atoms with van der Waals surface area (Å²) in [6.45, 7) is 4.29. The molecule has 0 aromatic heterocycles. The van der Waals surface area contributed by atoms with Gasteiger partial charge in [-0.05, 0) is 24.0 Å². The van der Waals surface area contributed by atoms with Crippen molar-refractivity contribution >= 4 is 17.7 Å². The first-order valence-electron chi connectivity index (χ1n) is 7.14. The minimum atomic E-state index is 0.142. The molecular weight excluding hydrogens is 270 g/mol. The van der Waals surface area contributed by atoms with Crippen LogP contribution < -0.4 is 10.1 Å². The van der Waals surface area contributed by atoms with Gasteiger partial charge in [-0.1, -0.05) is 32.0 Å². The third-order valence-corrected chi connectivity index (χ3v) is 5.08. The number of methoxy groups -OCH3 is 1. The van der Waals surface area contributed by atoms with Gasteiger partial charge in [0.15, 0.2) is 0 Å². The van der Waals surface area contributed by atoms with Crippen LogP contribution in [0.1, 0.15) is 38.2 Å². The molecule has 3 nitrogen and oxygen atoms in total. The van der Waals surface area contributed by atoms with Crippen LogP contribution in [0, 0.1) is 0 Å². The van der Waals surface area contributed by atoms with Gasteiger partial charge in [-0.3, -0.25) is 4.79 Å². The highest BCUT2D eigenvalue weighted by Crippen LogP contribution is 2.29. The van der Waals surface area contributed by atoms with Crippen molar-refractivity contribution in [3.05, 3.63) is 29.8 Å². The van der Waals surface area contributed by atoms with E-state index in [1.807, 2.05) is 36.0 Å². The molecule has 20 heavy (non-hydrogen) atoms. The third-order valence-electron chi connectivity index (χ3n) is 3.72. The lowest BCUT2D eigenvalue weighted by Gasteiger charge is -2.17. The Labute approximate surface area is 125 Å². The summed E-state index contributed by atoms with van der Waals surface area (Å²) in [5.41, 5.74) is 1.10. The Bertz CT molecular complexity index is 464. The summed E-state index contributed by atoms with van der Waals surface area (Å²) >= 11 is 1.93. The molecule has 1 saturated heterocycles. The Hall–Kier alpha value is -1.16. The van der Waals surface area contributed by atoms with E-state index in [0.29, 0.717) is 17.7 Å². The second kappa shape index (κ2) is 7.02. The Balaban J connectivity index is 1.90. The standard InChI is InChI=1S/C16H23NO2S/c1-11(14-6-4-5-7-15(14)19-3)8-16(18)17-13-9-12(2)20-10-13/h4-7,11-13H,8-10H2,1-3H3,(H,17,18)/t11-,12+,13+/m1/s1. The third kappa shape index (κ3) is 3.92. The number of amides is 1. The number of nitrogens with one attached hydrogen (secondary N) is 1. The Morgan fingerprint density at radius 2 is 2.25 bits per heavy atom. The van der Waals surface area contributed by atoms with Gasteiger partial charge < -0.3 is 10.1 Å². The summed E-state index contributed by atoms with van der Waals surface area (Å²) in [5, 5.41) is 3.81. The van der Waals surface area contributed by atoms with Crippen molar-refractivity contribution in [2.75, 3.05) is 12.9 Å². The minimum absolute atomic E-state index is 0.142. The number of ether oxygens (including phenoxy) is 1. The van der Waals surface area contributed by atoms with Crippen molar-refractivity contribution in [3.8, 4) is 5.75 Å². The molecule has 0 radical (unpaired) electrons. The number of carbonyl (C=O) groups excluding carboxylic acids is 1. The van der Waals surface area contributed by atoms with E-state index in [1.54, 1.807) is 7.11 Å². The zero-order valence-electron chi connectivity index (χ0n) is 12.4. The maximum absolute atomic E-state index is 12.1. The SMILES string of the molecule is COc1ccccc1[C@H](C)CC(=O)N[C@@H]1CS[C@@H](C)C1. The van der Waals surface area contributed by atoms with Gasteiger partial charge in [-0.15, -0.1) is 0 Å². The van der Waals surface area contributed by atoms with Crippen LogP contribution in [0.2, 0.25) is 0 Å². The fourth-order valence-corrected chi connectivity index (χ4v) is 3.81. The summed E-state index contributed by atoms with van der Waals surface area (Å²) in [5.74, 6) is 2.20. The van der Waals surface area contributed by atoms with Crippen molar-refractivity contribution in [2.24, 2.45) is 0 Å². The highest BCUT2D eigenvalue weighted by atomic mass is 32.2. The number of rotatable bonds is 5. The Morgan fingerprint density at radius 1 is 1.50 bits per heavy atom. The zero-order chi connectivity index (χ0) is 14.5. The van der Waals surface area contributed by atoms with Gasteiger partial charge in [0.25, 0.3) is 0 Å². The topological polar surface area (TPSA) is 38.3 Å². The molecule has 0 aliphatic carbocycles. The number of hydrogen-bond acceptors (Lipinski definition) is 3. The molecule has 110 valence electrons. The highest BCUT2D eigenvalue weighted by molar-refractivity contribution is 8.00. The predicted octanol–water partition coefficient (Wildman–Crippen LogP) is 3.20. The van der Waals surface area contributed by atoms with Gasteiger partial charge in [-0.25, -0.2) is 0 Å². The molecule has 1 aliphatic rings. The summed E-state index contributed by atoms with van der Waals surface area (Å²) in [7, 11) is 1.67. The van der Waals surface area contributed by atoms with E-state index in [9.17, 15) is 4.79 Å². The van der Waals surface area contributed by atoms with E-state index in [2.05, 4.69) is 19.2 Å². The van der Waals surface area contributed by atoms with Crippen molar-refractivity contribution in [3.63, 3.8) is 0 Å². The second-order valence-electron chi connectivity index (χ2n) is 5.49. The molecule has 3 atom stereocenters. The molecule has 4 heteroatoms. The molecule has 1 heterocycles. The molecule has 1 fully saturated rings. The molecule has 0 saturated carbocycles. The maximum Gasteiger partial charge on any atom is 0.220 e. The number of thioether (sulfide) groups is 1. The molecule has 2 rings (SSSR count). The van der Waals surface area contributed by atoms with Crippen molar-refractivity contribution in [2.45, 2.75) is 43.9 Å². The summed E-state index contributed by atoms with van der Waals surface area (Å²) in [4.78, 5) is 12.1. The van der Waals surface area contributed by atoms with Gasteiger partial charge >= 0.3 is 0 Å². The Morgan fingerprint density at radius 3 is 2.90 bits per heavy atom. The fourth-order valence-electron chi connectivity index (χ4n) is 2.67. The number of hydrogen-bond donors (Lipinski definition) is 1. The van der Waals surface area contributed by atoms with Gasteiger partial charge in [0.05, 0.1) is 7.11 Å². The first-order valence-corrected chi connectivity index (χ1v) is 8.19. The Kier molecular flexibility index (Phi) is 5.35. The van der Waals surface area contributed by atoms with E-state index in [0.717, 1.165) is 23.5 Å². The van der Waals surface area contributed by atoms with Crippen molar-refractivity contribution < 1.29 is 9.53 Å². The molecule has 1 aromatic rings. The van der Waals surface area contributed by atoms with Crippen LogP contribution in [0.4, 0.5) is 0 Å².